The topological polar surface area (TPSA) is 41.5 Å². The lowest BCUT2D eigenvalue weighted by Crippen LogP contribution is -2.37. The van der Waals surface area contributed by atoms with Crippen molar-refractivity contribution in [3.63, 3.8) is 0 Å². The van der Waals surface area contributed by atoms with E-state index >= 15 is 0 Å². The Hall–Kier alpha value is -1.58. The zero-order valence-electron chi connectivity index (χ0n) is 12.6. The number of hydrogen-bond donors (Lipinski definition) is 2. The first-order valence-electron chi connectivity index (χ1n) is 7.70. The highest BCUT2D eigenvalue weighted by molar-refractivity contribution is 5.91. The van der Waals surface area contributed by atoms with Gasteiger partial charge >= 0.3 is 0 Å². The molecule has 1 saturated carbocycles. The van der Waals surface area contributed by atoms with Crippen LogP contribution in [0.4, 0.5) is 0 Å². The van der Waals surface area contributed by atoms with Crippen LogP contribution < -0.4 is 10.1 Å². The van der Waals surface area contributed by atoms with Crippen molar-refractivity contribution >= 4 is 10.8 Å². The molecular formula is C18H23NO2. The quantitative estimate of drug-likeness (QED) is 0.886. The summed E-state index contributed by atoms with van der Waals surface area (Å²) < 4.78 is 5.42. The SMILES string of the molecule is COc1ccc(CNCC2(O)CCCC2)c2ccccc12. The molecule has 0 amide bonds. The van der Waals surface area contributed by atoms with Gasteiger partial charge in [0.15, 0.2) is 0 Å². The fourth-order valence-corrected chi connectivity index (χ4v) is 3.31. The minimum Gasteiger partial charge on any atom is -0.496 e. The third-order valence-electron chi connectivity index (χ3n) is 4.50. The Balaban J connectivity index is 1.75. The van der Waals surface area contributed by atoms with Gasteiger partial charge in [-0.3, -0.25) is 0 Å². The fourth-order valence-electron chi connectivity index (χ4n) is 3.31. The number of fused-ring (bicyclic) bond motifs is 1. The number of ether oxygens (including phenoxy) is 1. The summed E-state index contributed by atoms with van der Waals surface area (Å²) in [7, 11) is 1.70. The van der Waals surface area contributed by atoms with E-state index in [9.17, 15) is 5.11 Å². The molecule has 2 N–H and O–H groups in total. The van der Waals surface area contributed by atoms with Gasteiger partial charge in [-0.2, -0.15) is 0 Å². The molecule has 3 rings (SSSR count). The molecule has 0 radical (unpaired) electrons. The van der Waals surface area contributed by atoms with Crippen LogP contribution in [-0.2, 0) is 6.54 Å². The molecule has 3 heteroatoms. The molecule has 3 nitrogen and oxygen atoms in total. The standard InChI is InChI=1S/C18H23NO2/c1-21-17-9-8-14(15-6-2-3-7-16(15)17)12-19-13-18(20)10-4-5-11-18/h2-3,6-9,19-20H,4-5,10-13H2,1H3. The maximum Gasteiger partial charge on any atom is 0.126 e. The van der Waals surface area contributed by atoms with Gasteiger partial charge in [-0.15, -0.1) is 0 Å². The van der Waals surface area contributed by atoms with E-state index in [0.717, 1.165) is 43.4 Å². The summed E-state index contributed by atoms with van der Waals surface area (Å²) in [5.74, 6) is 0.906. The maximum atomic E-state index is 10.4. The number of rotatable bonds is 5. The smallest absolute Gasteiger partial charge is 0.126 e. The second kappa shape index (κ2) is 6.04. The molecule has 0 unspecified atom stereocenters. The molecule has 0 atom stereocenters. The predicted molar refractivity (Wildman–Crippen MR) is 85.6 cm³/mol. The van der Waals surface area contributed by atoms with Gasteiger partial charge in [-0.05, 0) is 29.9 Å². The normalized spacial score (nSPS) is 17.2. The third kappa shape index (κ3) is 3.04. The highest BCUT2D eigenvalue weighted by Gasteiger charge is 2.30. The number of methoxy groups -OCH3 is 1. The summed E-state index contributed by atoms with van der Waals surface area (Å²) in [4.78, 5) is 0. The summed E-state index contributed by atoms with van der Waals surface area (Å²) >= 11 is 0. The Morgan fingerprint density at radius 3 is 2.52 bits per heavy atom. The summed E-state index contributed by atoms with van der Waals surface area (Å²) in [6.07, 6.45) is 4.13. The van der Waals surface area contributed by atoms with Crippen LogP contribution in [0.3, 0.4) is 0 Å². The van der Waals surface area contributed by atoms with Gasteiger partial charge in [0.2, 0.25) is 0 Å². The van der Waals surface area contributed by atoms with Crippen LogP contribution >= 0.6 is 0 Å². The van der Waals surface area contributed by atoms with E-state index in [1.165, 1.54) is 10.9 Å². The van der Waals surface area contributed by atoms with Crippen molar-refractivity contribution in [2.45, 2.75) is 37.8 Å². The molecule has 1 aliphatic carbocycles. The molecule has 0 aromatic heterocycles. The molecule has 0 saturated heterocycles. The van der Waals surface area contributed by atoms with Gasteiger partial charge in [0.25, 0.3) is 0 Å². The zero-order valence-corrected chi connectivity index (χ0v) is 12.6. The second-order valence-electron chi connectivity index (χ2n) is 6.01. The summed E-state index contributed by atoms with van der Waals surface area (Å²) in [5, 5.41) is 16.2. The van der Waals surface area contributed by atoms with E-state index in [0.29, 0.717) is 6.54 Å². The number of aliphatic hydroxyl groups is 1. The van der Waals surface area contributed by atoms with Crippen molar-refractivity contribution in [1.29, 1.82) is 0 Å². The highest BCUT2D eigenvalue weighted by Crippen LogP contribution is 2.30. The molecule has 2 aromatic carbocycles. The molecular weight excluding hydrogens is 262 g/mol. The second-order valence-corrected chi connectivity index (χ2v) is 6.01. The van der Waals surface area contributed by atoms with Crippen LogP contribution in [0.2, 0.25) is 0 Å². The van der Waals surface area contributed by atoms with Gasteiger partial charge in [0.1, 0.15) is 5.75 Å². The first kappa shape index (κ1) is 14.4. The first-order chi connectivity index (χ1) is 10.2. The zero-order chi connectivity index (χ0) is 14.7. The van der Waals surface area contributed by atoms with Crippen LogP contribution in [0, 0.1) is 0 Å². The van der Waals surface area contributed by atoms with Gasteiger partial charge in [-0.25, -0.2) is 0 Å². The molecule has 21 heavy (non-hydrogen) atoms. The van der Waals surface area contributed by atoms with Gasteiger partial charge in [0, 0.05) is 18.5 Å². The number of benzene rings is 2. The van der Waals surface area contributed by atoms with E-state index in [2.05, 4.69) is 29.6 Å². The highest BCUT2D eigenvalue weighted by atomic mass is 16.5. The molecule has 0 spiro atoms. The Morgan fingerprint density at radius 2 is 1.81 bits per heavy atom. The van der Waals surface area contributed by atoms with Crippen LogP contribution in [-0.4, -0.2) is 24.4 Å². The van der Waals surface area contributed by atoms with Gasteiger partial charge < -0.3 is 15.2 Å². The Labute approximate surface area is 125 Å². The predicted octanol–water partition coefficient (Wildman–Crippen LogP) is 3.24. The third-order valence-corrected chi connectivity index (χ3v) is 4.50. The van der Waals surface area contributed by atoms with Gasteiger partial charge in [0.05, 0.1) is 12.7 Å². The van der Waals surface area contributed by atoms with Crippen molar-refractivity contribution < 1.29 is 9.84 Å². The minimum atomic E-state index is -0.498. The van der Waals surface area contributed by atoms with Crippen molar-refractivity contribution in [3.05, 3.63) is 42.0 Å². The summed E-state index contributed by atoms with van der Waals surface area (Å²) in [5.41, 5.74) is 0.746. The van der Waals surface area contributed by atoms with Crippen molar-refractivity contribution in [3.8, 4) is 5.75 Å². The van der Waals surface area contributed by atoms with E-state index < -0.39 is 5.60 Å². The summed E-state index contributed by atoms with van der Waals surface area (Å²) in [6, 6.07) is 12.4. The van der Waals surface area contributed by atoms with Crippen LogP contribution in [0.25, 0.3) is 10.8 Å². The first-order valence-corrected chi connectivity index (χ1v) is 7.70. The number of nitrogens with one attached hydrogen (secondary N) is 1. The molecule has 0 bridgehead atoms. The lowest BCUT2D eigenvalue weighted by atomic mass is 10.0. The van der Waals surface area contributed by atoms with E-state index in [1.807, 2.05) is 12.1 Å². The van der Waals surface area contributed by atoms with Crippen molar-refractivity contribution in [2.75, 3.05) is 13.7 Å². The molecule has 112 valence electrons. The number of hydrogen-bond acceptors (Lipinski definition) is 3. The van der Waals surface area contributed by atoms with E-state index in [4.69, 9.17) is 4.74 Å². The van der Waals surface area contributed by atoms with Crippen LogP contribution in [0.1, 0.15) is 31.2 Å². The lowest BCUT2D eigenvalue weighted by Gasteiger charge is -2.22. The Bertz CT molecular complexity index is 618. The van der Waals surface area contributed by atoms with Gasteiger partial charge in [-0.1, -0.05) is 43.2 Å². The lowest BCUT2D eigenvalue weighted by molar-refractivity contribution is 0.0475. The van der Waals surface area contributed by atoms with Crippen molar-refractivity contribution in [1.82, 2.24) is 5.32 Å². The Kier molecular flexibility index (Phi) is 4.13. The maximum absolute atomic E-state index is 10.4. The molecule has 1 fully saturated rings. The average Bonchev–Trinajstić information content (AvgIpc) is 2.94. The average molecular weight is 285 g/mol. The monoisotopic (exact) mass is 285 g/mol. The largest absolute Gasteiger partial charge is 0.496 e. The molecule has 0 aliphatic heterocycles. The van der Waals surface area contributed by atoms with Crippen LogP contribution in [0.15, 0.2) is 36.4 Å². The van der Waals surface area contributed by atoms with Crippen LogP contribution in [0.5, 0.6) is 5.75 Å². The Morgan fingerprint density at radius 1 is 1.10 bits per heavy atom. The fraction of sp³-hybridized carbons (Fsp3) is 0.444. The molecule has 0 heterocycles. The summed E-state index contributed by atoms with van der Waals surface area (Å²) in [6.45, 7) is 1.44. The molecule has 2 aromatic rings. The minimum absolute atomic E-state index is 0.498. The van der Waals surface area contributed by atoms with Crippen molar-refractivity contribution in [2.24, 2.45) is 0 Å². The van der Waals surface area contributed by atoms with E-state index in [1.54, 1.807) is 7.11 Å². The van der Waals surface area contributed by atoms with E-state index in [-0.39, 0.29) is 0 Å². The molecule has 1 aliphatic rings.